The van der Waals surface area contributed by atoms with Crippen LogP contribution in [0.1, 0.15) is 6.92 Å². The van der Waals surface area contributed by atoms with Crippen molar-refractivity contribution in [2.45, 2.75) is 13.0 Å². The molecule has 0 unspecified atom stereocenters. The third kappa shape index (κ3) is 4.76. The number of ether oxygens (including phenoxy) is 1. The summed E-state index contributed by atoms with van der Waals surface area (Å²) >= 11 is 0. The molecular weight excluding hydrogens is 232 g/mol. The lowest BCUT2D eigenvalue weighted by Gasteiger charge is -2.12. The molecule has 0 saturated carbocycles. The largest absolute Gasteiger partial charge is 0.481 e. The summed E-state index contributed by atoms with van der Waals surface area (Å²) in [5, 5.41) is 14.0. The first-order valence-electron chi connectivity index (χ1n) is 5.50. The van der Waals surface area contributed by atoms with E-state index in [2.05, 4.69) is 16.6 Å². The number of amides is 2. The predicted octanol–water partition coefficient (Wildman–Crippen LogP) is 1.20. The minimum atomic E-state index is -0.384. The van der Waals surface area contributed by atoms with Crippen molar-refractivity contribution in [1.29, 1.82) is 0 Å². The van der Waals surface area contributed by atoms with Gasteiger partial charge < -0.3 is 20.5 Å². The first-order valence-corrected chi connectivity index (χ1v) is 5.50. The van der Waals surface area contributed by atoms with Gasteiger partial charge >= 0.3 is 6.03 Å². The molecule has 0 saturated heterocycles. The molecule has 0 aliphatic rings. The zero-order valence-corrected chi connectivity index (χ0v) is 10.1. The Kier molecular flexibility index (Phi) is 5.55. The summed E-state index contributed by atoms with van der Waals surface area (Å²) in [6.45, 7) is 1.77. The maximum atomic E-state index is 11.5. The number of hydrogen-bond acceptors (Lipinski definition) is 3. The van der Waals surface area contributed by atoms with Gasteiger partial charge in [0.15, 0.2) is 0 Å². The van der Waals surface area contributed by atoms with Gasteiger partial charge in [-0.15, -0.1) is 6.42 Å². The second-order valence-electron chi connectivity index (χ2n) is 3.70. The molecule has 5 nitrogen and oxygen atoms in total. The number of nitrogens with one attached hydrogen (secondary N) is 2. The molecule has 0 radical (unpaired) electrons. The predicted molar refractivity (Wildman–Crippen MR) is 69.5 cm³/mol. The maximum absolute atomic E-state index is 11.5. The van der Waals surface area contributed by atoms with E-state index in [1.807, 2.05) is 0 Å². The lowest BCUT2D eigenvalue weighted by molar-refractivity contribution is 0.229. The van der Waals surface area contributed by atoms with Crippen LogP contribution in [0.3, 0.4) is 0 Å². The van der Waals surface area contributed by atoms with Crippen LogP contribution in [0.5, 0.6) is 5.75 Å². The van der Waals surface area contributed by atoms with Gasteiger partial charge in [-0.05, 0) is 19.1 Å². The van der Waals surface area contributed by atoms with E-state index in [4.69, 9.17) is 16.3 Å². The van der Waals surface area contributed by atoms with Crippen LogP contribution in [0.15, 0.2) is 24.3 Å². The quantitative estimate of drug-likeness (QED) is 0.686. The maximum Gasteiger partial charge on any atom is 0.319 e. The van der Waals surface area contributed by atoms with E-state index < -0.39 is 0 Å². The highest BCUT2D eigenvalue weighted by molar-refractivity contribution is 5.89. The molecule has 0 heterocycles. The summed E-state index contributed by atoms with van der Waals surface area (Å²) in [5.74, 6) is 2.94. The molecule has 18 heavy (non-hydrogen) atoms. The highest BCUT2D eigenvalue weighted by atomic mass is 16.5. The molecule has 0 spiro atoms. The number of carbonyl (C=O) groups excluding carboxylic acids is 1. The van der Waals surface area contributed by atoms with Crippen LogP contribution < -0.4 is 15.4 Å². The van der Waals surface area contributed by atoms with E-state index in [1.165, 1.54) is 0 Å². The number of carbonyl (C=O) groups is 1. The van der Waals surface area contributed by atoms with Crippen molar-refractivity contribution in [1.82, 2.24) is 5.32 Å². The number of urea groups is 1. The molecule has 1 aromatic rings. The SMILES string of the molecule is C#CCOc1cccc(NC(=O)N[C@@H](C)CO)c1. The first-order chi connectivity index (χ1) is 8.65. The number of benzene rings is 1. The highest BCUT2D eigenvalue weighted by Gasteiger charge is 2.06. The molecular formula is C13H16N2O3. The van der Waals surface area contributed by atoms with Crippen molar-refractivity contribution in [3.63, 3.8) is 0 Å². The summed E-state index contributed by atoms with van der Waals surface area (Å²) in [6.07, 6.45) is 5.09. The number of hydrogen-bond donors (Lipinski definition) is 3. The molecule has 5 heteroatoms. The van der Waals surface area contributed by atoms with Crippen molar-refractivity contribution in [2.75, 3.05) is 18.5 Å². The lowest BCUT2D eigenvalue weighted by Crippen LogP contribution is -2.38. The molecule has 0 aliphatic heterocycles. The van der Waals surface area contributed by atoms with Crippen molar-refractivity contribution in [2.24, 2.45) is 0 Å². The van der Waals surface area contributed by atoms with E-state index in [-0.39, 0.29) is 25.3 Å². The normalized spacial score (nSPS) is 11.2. The molecule has 96 valence electrons. The number of terminal acetylenes is 1. The molecule has 0 aromatic heterocycles. The third-order valence-corrected chi connectivity index (χ3v) is 2.07. The van der Waals surface area contributed by atoms with Gasteiger partial charge in [-0.25, -0.2) is 4.79 Å². The van der Waals surface area contributed by atoms with E-state index in [9.17, 15) is 4.79 Å². The Bertz CT molecular complexity index is 440. The fraction of sp³-hybridized carbons (Fsp3) is 0.308. The van der Waals surface area contributed by atoms with Crippen LogP contribution >= 0.6 is 0 Å². The fourth-order valence-corrected chi connectivity index (χ4v) is 1.23. The van der Waals surface area contributed by atoms with Crippen molar-refractivity contribution >= 4 is 11.7 Å². The van der Waals surface area contributed by atoms with Crippen LogP contribution in [0.4, 0.5) is 10.5 Å². The first kappa shape index (κ1) is 13.9. The molecule has 1 aromatic carbocycles. The zero-order valence-electron chi connectivity index (χ0n) is 10.1. The topological polar surface area (TPSA) is 70.6 Å². The van der Waals surface area contributed by atoms with Gasteiger partial charge in [-0.3, -0.25) is 0 Å². The van der Waals surface area contributed by atoms with Crippen molar-refractivity contribution < 1.29 is 14.6 Å². The van der Waals surface area contributed by atoms with E-state index in [0.717, 1.165) is 0 Å². The van der Waals surface area contributed by atoms with Gasteiger partial charge in [0, 0.05) is 11.8 Å². The second-order valence-corrected chi connectivity index (χ2v) is 3.70. The van der Waals surface area contributed by atoms with Crippen molar-refractivity contribution in [3.8, 4) is 18.1 Å². The van der Waals surface area contributed by atoms with Crippen LogP contribution in [0.2, 0.25) is 0 Å². The van der Waals surface area contributed by atoms with E-state index >= 15 is 0 Å². The minimum Gasteiger partial charge on any atom is -0.481 e. The zero-order chi connectivity index (χ0) is 13.4. The monoisotopic (exact) mass is 248 g/mol. The molecule has 2 amide bonds. The van der Waals surface area contributed by atoms with Gasteiger partial charge in [0.05, 0.1) is 12.6 Å². The molecule has 1 atom stereocenters. The van der Waals surface area contributed by atoms with Gasteiger partial charge in [0.25, 0.3) is 0 Å². The third-order valence-electron chi connectivity index (χ3n) is 2.07. The fourth-order valence-electron chi connectivity index (χ4n) is 1.23. The molecule has 0 fully saturated rings. The number of rotatable bonds is 5. The summed E-state index contributed by atoms with van der Waals surface area (Å²) < 4.78 is 5.23. The number of aliphatic hydroxyl groups is 1. The van der Waals surface area contributed by atoms with Crippen molar-refractivity contribution in [3.05, 3.63) is 24.3 Å². The number of anilines is 1. The Labute approximate surface area is 106 Å². The summed E-state index contributed by atoms with van der Waals surface area (Å²) in [7, 11) is 0. The molecule has 0 bridgehead atoms. The summed E-state index contributed by atoms with van der Waals surface area (Å²) in [4.78, 5) is 11.5. The smallest absolute Gasteiger partial charge is 0.319 e. The van der Waals surface area contributed by atoms with Crippen LogP contribution in [0, 0.1) is 12.3 Å². The average Bonchev–Trinajstić information content (AvgIpc) is 2.36. The Hall–Kier alpha value is -2.19. The Morgan fingerprint density at radius 2 is 2.39 bits per heavy atom. The van der Waals surface area contributed by atoms with Crippen LogP contribution in [0.25, 0.3) is 0 Å². The molecule has 3 N–H and O–H groups in total. The molecule has 1 rings (SSSR count). The average molecular weight is 248 g/mol. The van der Waals surface area contributed by atoms with E-state index in [1.54, 1.807) is 31.2 Å². The summed E-state index contributed by atoms with van der Waals surface area (Å²) in [6, 6.07) is 6.21. The van der Waals surface area contributed by atoms with Gasteiger partial charge in [0.2, 0.25) is 0 Å². The Balaban J connectivity index is 2.56. The standard InChI is InChI=1S/C13H16N2O3/c1-3-7-18-12-6-4-5-11(8-12)15-13(17)14-10(2)9-16/h1,4-6,8,10,16H,7,9H2,2H3,(H2,14,15,17)/t10-/m0/s1. The van der Waals surface area contributed by atoms with Gasteiger partial charge in [-0.2, -0.15) is 0 Å². The minimum absolute atomic E-state index is 0.112. The molecule has 0 aliphatic carbocycles. The van der Waals surface area contributed by atoms with Crippen LogP contribution in [-0.2, 0) is 0 Å². The van der Waals surface area contributed by atoms with Gasteiger partial charge in [0.1, 0.15) is 12.4 Å². The lowest BCUT2D eigenvalue weighted by atomic mass is 10.3. The summed E-state index contributed by atoms with van der Waals surface area (Å²) in [5.41, 5.74) is 0.590. The Morgan fingerprint density at radius 1 is 1.61 bits per heavy atom. The van der Waals surface area contributed by atoms with E-state index in [0.29, 0.717) is 11.4 Å². The second kappa shape index (κ2) is 7.20. The Morgan fingerprint density at radius 3 is 3.06 bits per heavy atom. The highest BCUT2D eigenvalue weighted by Crippen LogP contribution is 2.17. The van der Waals surface area contributed by atoms with Gasteiger partial charge in [-0.1, -0.05) is 12.0 Å². The number of aliphatic hydroxyl groups excluding tert-OH is 1. The van der Waals surface area contributed by atoms with Crippen LogP contribution in [-0.4, -0.2) is 30.4 Å².